The average Bonchev–Trinajstić information content (AvgIpc) is 3.86. The number of benzene rings is 8. The molecule has 0 aliphatic carbocycles. The van der Waals surface area contributed by atoms with Crippen LogP contribution in [0.25, 0.3) is 110 Å². The summed E-state index contributed by atoms with van der Waals surface area (Å²) in [6, 6.07) is 65.6. The molecule has 0 N–H and O–H groups in total. The van der Waals surface area contributed by atoms with E-state index in [1.165, 1.54) is 31.3 Å². The lowest BCUT2D eigenvalue weighted by atomic mass is 9.95. The van der Waals surface area contributed by atoms with Gasteiger partial charge in [0.25, 0.3) is 0 Å². The molecule has 3 aromatic heterocycles. The lowest BCUT2D eigenvalue weighted by molar-refractivity contribution is 0.670. The number of hydrogen-bond donors (Lipinski definition) is 0. The van der Waals surface area contributed by atoms with Crippen LogP contribution in [-0.2, 0) is 0 Å². The Morgan fingerprint density at radius 2 is 0.839 bits per heavy atom. The zero-order valence-corrected chi connectivity index (χ0v) is 30.9. The predicted octanol–water partition coefficient (Wildman–Crippen LogP) is 14.1. The van der Waals surface area contributed by atoms with Gasteiger partial charge in [0.05, 0.1) is 0 Å². The van der Waals surface area contributed by atoms with Crippen molar-refractivity contribution >= 4 is 53.4 Å². The number of rotatable bonds is 6. The molecule has 8 aromatic carbocycles. The van der Waals surface area contributed by atoms with Crippen LogP contribution in [0.3, 0.4) is 0 Å². The van der Waals surface area contributed by atoms with Crippen molar-refractivity contribution < 1.29 is 4.42 Å². The summed E-state index contributed by atoms with van der Waals surface area (Å²) in [5.41, 5.74) is 11.3. The van der Waals surface area contributed by atoms with Gasteiger partial charge in [-0.1, -0.05) is 164 Å². The molecule has 11 rings (SSSR count). The molecule has 0 aliphatic heterocycles. The fraction of sp³-hybridized carbons (Fsp3) is 0. The third-order valence-corrected chi connectivity index (χ3v) is 11.8. The number of furan rings is 1. The number of hydrogen-bond acceptors (Lipinski definition) is 5. The Kier molecular flexibility index (Phi) is 7.64. The summed E-state index contributed by atoms with van der Waals surface area (Å²) < 4.78 is 9.39. The van der Waals surface area contributed by atoms with Crippen LogP contribution in [0.4, 0.5) is 0 Å². The van der Waals surface area contributed by atoms with E-state index in [0.717, 1.165) is 60.9 Å². The van der Waals surface area contributed by atoms with Crippen LogP contribution in [0.2, 0.25) is 0 Å². The summed E-state index contributed by atoms with van der Waals surface area (Å²) in [5.74, 6) is 1.90. The molecule has 0 unspecified atom stereocenters. The van der Waals surface area contributed by atoms with Crippen molar-refractivity contribution in [3.8, 4) is 67.5 Å². The van der Waals surface area contributed by atoms with Gasteiger partial charge in [-0.3, -0.25) is 0 Å². The predicted molar refractivity (Wildman–Crippen MR) is 233 cm³/mol. The maximum Gasteiger partial charge on any atom is 0.164 e. The molecule has 0 atom stereocenters. The van der Waals surface area contributed by atoms with Crippen LogP contribution in [0.1, 0.15) is 0 Å². The normalized spacial score (nSPS) is 11.6. The smallest absolute Gasteiger partial charge is 0.164 e. The largest absolute Gasteiger partial charge is 0.455 e. The van der Waals surface area contributed by atoms with Crippen molar-refractivity contribution in [1.82, 2.24) is 15.0 Å². The molecule has 0 amide bonds. The van der Waals surface area contributed by atoms with Gasteiger partial charge >= 0.3 is 0 Å². The van der Waals surface area contributed by atoms with Gasteiger partial charge < -0.3 is 4.42 Å². The third-order valence-electron chi connectivity index (χ3n) is 10.5. The lowest BCUT2D eigenvalue weighted by Gasteiger charge is -2.10. The van der Waals surface area contributed by atoms with Crippen LogP contribution < -0.4 is 0 Å². The second-order valence-corrected chi connectivity index (χ2v) is 15.0. The van der Waals surface area contributed by atoms with Crippen LogP contribution >= 0.6 is 11.3 Å². The Morgan fingerprint density at radius 3 is 1.57 bits per heavy atom. The van der Waals surface area contributed by atoms with E-state index in [0.29, 0.717) is 17.5 Å². The number of nitrogens with zero attached hydrogens (tertiary/aromatic N) is 3. The molecule has 0 spiro atoms. The topological polar surface area (TPSA) is 51.8 Å². The molecular formula is C51H31N3OS. The molecular weight excluding hydrogens is 703 g/mol. The highest BCUT2D eigenvalue weighted by Gasteiger charge is 2.18. The molecule has 3 heterocycles. The van der Waals surface area contributed by atoms with E-state index in [9.17, 15) is 0 Å². The van der Waals surface area contributed by atoms with E-state index in [4.69, 9.17) is 19.4 Å². The maximum atomic E-state index is 6.77. The number of para-hydroxylation sites is 1. The quantitative estimate of drug-likeness (QED) is 0.171. The SMILES string of the molecule is c1ccc(-c2nc(-c3ccccc3)nc(-c3cccc(-c4cccc5oc6c(-c7cccc(-c8cccc9c8sc8ccccc89)c7)cccc6c45)c3)n2)cc1. The molecule has 0 bridgehead atoms. The van der Waals surface area contributed by atoms with Crippen molar-refractivity contribution in [1.29, 1.82) is 0 Å². The second-order valence-electron chi connectivity index (χ2n) is 13.9. The van der Waals surface area contributed by atoms with Gasteiger partial charge in [0, 0.05) is 53.2 Å². The van der Waals surface area contributed by atoms with E-state index in [1.807, 2.05) is 72.0 Å². The van der Waals surface area contributed by atoms with Crippen LogP contribution in [0.15, 0.2) is 192 Å². The molecule has 0 radical (unpaired) electrons. The summed E-state index contributed by atoms with van der Waals surface area (Å²) in [5, 5.41) is 4.76. The summed E-state index contributed by atoms with van der Waals surface area (Å²) >= 11 is 1.86. The van der Waals surface area contributed by atoms with Gasteiger partial charge in [0.15, 0.2) is 17.5 Å². The first-order valence-corrected chi connectivity index (χ1v) is 19.5. The molecule has 11 aromatic rings. The van der Waals surface area contributed by atoms with Gasteiger partial charge in [-0.05, 0) is 52.1 Å². The number of fused-ring (bicyclic) bond motifs is 6. The minimum atomic E-state index is 0.622. The van der Waals surface area contributed by atoms with Crippen molar-refractivity contribution in [2.24, 2.45) is 0 Å². The van der Waals surface area contributed by atoms with Crippen LogP contribution in [0, 0.1) is 0 Å². The van der Waals surface area contributed by atoms with E-state index in [-0.39, 0.29) is 0 Å². The van der Waals surface area contributed by atoms with Gasteiger partial charge in [0.1, 0.15) is 11.2 Å². The zero-order valence-electron chi connectivity index (χ0n) is 30.1. The Morgan fingerprint density at radius 1 is 0.357 bits per heavy atom. The van der Waals surface area contributed by atoms with Crippen molar-refractivity contribution in [2.45, 2.75) is 0 Å². The summed E-state index contributed by atoms with van der Waals surface area (Å²) in [4.78, 5) is 14.9. The highest BCUT2D eigenvalue weighted by Crippen LogP contribution is 2.43. The van der Waals surface area contributed by atoms with Crippen LogP contribution in [-0.4, -0.2) is 15.0 Å². The van der Waals surface area contributed by atoms with Gasteiger partial charge in [-0.15, -0.1) is 11.3 Å². The molecule has 262 valence electrons. The third kappa shape index (κ3) is 5.48. The molecule has 0 saturated carbocycles. The molecule has 0 saturated heterocycles. The molecule has 5 heteroatoms. The highest BCUT2D eigenvalue weighted by molar-refractivity contribution is 7.26. The monoisotopic (exact) mass is 733 g/mol. The van der Waals surface area contributed by atoms with E-state index >= 15 is 0 Å². The Hall–Kier alpha value is -7.21. The second kappa shape index (κ2) is 13.3. The van der Waals surface area contributed by atoms with Gasteiger partial charge in [-0.25, -0.2) is 15.0 Å². The fourth-order valence-electron chi connectivity index (χ4n) is 7.91. The number of thiophene rings is 1. The fourth-order valence-corrected chi connectivity index (χ4v) is 9.15. The lowest BCUT2D eigenvalue weighted by Crippen LogP contribution is -2.00. The highest BCUT2D eigenvalue weighted by atomic mass is 32.1. The number of aromatic nitrogens is 3. The van der Waals surface area contributed by atoms with Crippen molar-refractivity contribution in [3.63, 3.8) is 0 Å². The molecule has 4 nitrogen and oxygen atoms in total. The van der Waals surface area contributed by atoms with Crippen molar-refractivity contribution in [3.05, 3.63) is 188 Å². The summed E-state index contributed by atoms with van der Waals surface area (Å²) in [6.07, 6.45) is 0. The Bertz CT molecular complexity index is 3200. The minimum absolute atomic E-state index is 0.622. The van der Waals surface area contributed by atoms with E-state index in [1.54, 1.807) is 0 Å². The van der Waals surface area contributed by atoms with Gasteiger partial charge in [0.2, 0.25) is 0 Å². The van der Waals surface area contributed by atoms with Crippen LogP contribution in [0.5, 0.6) is 0 Å². The Labute approximate surface area is 327 Å². The standard InChI is InChI=1S/C51H31N3OS/c1-3-14-32(15-4-1)49-52-50(33-16-5-2-6-17-33)54-51(53-49)37-21-10-18-34(31-37)38-23-13-28-44-46(38)43-27-11-24-39(47(43)55-44)35-19-9-20-36(30-35)40-25-12-26-42-41-22-7-8-29-45(41)56-48(40)42/h1-31H. The summed E-state index contributed by atoms with van der Waals surface area (Å²) in [7, 11) is 0. The molecule has 0 aliphatic rings. The van der Waals surface area contributed by atoms with Gasteiger partial charge in [-0.2, -0.15) is 0 Å². The zero-order chi connectivity index (χ0) is 37.0. The maximum absolute atomic E-state index is 6.77. The molecule has 0 fully saturated rings. The minimum Gasteiger partial charge on any atom is -0.455 e. The van der Waals surface area contributed by atoms with E-state index in [2.05, 4.69) is 127 Å². The average molecular weight is 734 g/mol. The van der Waals surface area contributed by atoms with E-state index < -0.39 is 0 Å². The Balaban J connectivity index is 1.02. The van der Waals surface area contributed by atoms with Crippen molar-refractivity contribution in [2.75, 3.05) is 0 Å². The first kappa shape index (κ1) is 32.2. The summed E-state index contributed by atoms with van der Waals surface area (Å²) in [6.45, 7) is 0. The first-order chi connectivity index (χ1) is 27.7. The molecule has 56 heavy (non-hydrogen) atoms. The first-order valence-electron chi connectivity index (χ1n) is 18.7.